The summed E-state index contributed by atoms with van der Waals surface area (Å²) in [6, 6.07) is 8.50. The molecule has 1 saturated carbocycles. The Morgan fingerprint density at radius 1 is 1.12 bits per heavy atom. The van der Waals surface area contributed by atoms with Gasteiger partial charge in [-0.15, -0.1) is 0 Å². The Morgan fingerprint density at radius 3 is 2.52 bits per heavy atom. The van der Waals surface area contributed by atoms with Crippen molar-refractivity contribution in [2.24, 2.45) is 5.92 Å². The maximum absolute atomic E-state index is 15.4. The first-order chi connectivity index (χ1) is 15.5. The summed E-state index contributed by atoms with van der Waals surface area (Å²) in [5.41, 5.74) is 0.224. The predicted octanol–water partition coefficient (Wildman–Crippen LogP) is 5.69. The SMILES string of the molecule is CC(=O)c1ccc(Cl)c(-c2cccc(NC(=O)C3CC4CC4N3C(=O)OC(C)(C)C)c2F)c1. The molecule has 4 rings (SSSR count). The fraction of sp³-hybridized carbons (Fsp3) is 0.400. The molecule has 6 nitrogen and oxygen atoms in total. The van der Waals surface area contributed by atoms with Gasteiger partial charge in [-0.1, -0.05) is 23.7 Å². The number of likely N-dealkylation sites (tertiary alicyclic amines) is 1. The molecular weight excluding hydrogens is 447 g/mol. The monoisotopic (exact) mass is 472 g/mol. The molecule has 0 bridgehead atoms. The Kier molecular flexibility index (Phi) is 5.95. The lowest BCUT2D eigenvalue weighted by atomic mass is 10.00. The molecule has 2 aliphatic rings. The molecular formula is C25H26ClFN2O4. The number of amides is 2. The van der Waals surface area contributed by atoms with E-state index in [-0.39, 0.29) is 34.0 Å². The van der Waals surface area contributed by atoms with Crippen LogP contribution in [-0.2, 0) is 9.53 Å². The van der Waals surface area contributed by atoms with Crippen molar-refractivity contribution >= 4 is 35.1 Å². The van der Waals surface area contributed by atoms with Gasteiger partial charge in [-0.3, -0.25) is 14.5 Å². The van der Waals surface area contributed by atoms with E-state index in [2.05, 4.69) is 5.32 Å². The highest BCUT2D eigenvalue weighted by atomic mass is 35.5. The topological polar surface area (TPSA) is 75.7 Å². The van der Waals surface area contributed by atoms with Crippen molar-refractivity contribution in [1.29, 1.82) is 0 Å². The second-order valence-corrected chi connectivity index (χ2v) is 10.0. The second-order valence-electron chi connectivity index (χ2n) is 9.61. The summed E-state index contributed by atoms with van der Waals surface area (Å²) in [6.45, 7) is 6.73. The summed E-state index contributed by atoms with van der Waals surface area (Å²) in [7, 11) is 0. The quantitative estimate of drug-likeness (QED) is 0.580. The molecule has 2 fully saturated rings. The fourth-order valence-corrected chi connectivity index (χ4v) is 4.49. The number of Topliss-reactive ketones (excluding diaryl/α,β-unsaturated/α-hetero) is 1. The van der Waals surface area contributed by atoms with E-state index in [1.807, 2.05) is 0 Å². The molecule has 174 valence electrons. The zero-order chi connectivity index (χ0) is 24.1. The molecule has 8 heteroatoms. The zero-order valence-electron chi connectivity index (χ0n) is 18.9. The number of halogens is 2. The Morgan fingerprint density at radius 2 is 1.85 bits per heavy atom. The normalized spacial score (nSPS) is 21.4. The smallest absolute Gasteiger partial charge is 0.411 e. The third-order valence-electron chi connectivity index (χ3n) is 5.93. The summed E-state index contributed by atoms with van der Waals surface area (Å²) >= 11 is 6.27. The number of nitrogens with one attached hydrogen (secondary N) is 1. The highest BCUT2D eigenvalue weighted by molar-refractivity contribution is 6.33. The van der Waals surface area contributed by atoms with Gasteiger partial charge in [0.05, 0.1) is 5.69 Å². The van der Waals surface area contributed by atoms with Crippen molar-refractivity contribution in [2.75, 3.05) is 5.32 Å². The molecule has 0 aromatic heterocycles. The first-order valence-corrected chi connectivity index (χ1v) is 11.3. The van der Waals surface area contributed by atoms with Gasteiger partial charge in [0, 0.05) is 27.8 Å². The summed E-state index contributed by atoms with van der Waals surface area (Å²) in [6.07, 6.45) is 0.830. The number of rotatable bonds is 4. The minimum Gasteiger partial charge on any atom is -0.444 e. The minimum absolute atomic E-state index is 0.0140. The van der Waals surface area contributed by atoms with E-state index >= 15 is 4.39 Å². The van der Waals surface area contributed by atoms with Gasteiger partial charge in [-0.2, -0.15) is 0 Å². The molecule has 0 radical (unpaired) electrons. The molecule has 2 amide bonds. The number of carbonyl (C=O) groups excluding carboxylic acids is 3. The molecule has 1 aliphatic heterocycles. The number of anilines is 1. The molecule has 2 aromatic carbocycles. The maximum atomic E-state index is 15.4. The fourth-order valence-electron chi connectivity index (χ4n) is 4.27. The molecule has 33 heavy (non-hydrogen) atoms. The van der Waals surface area contributed by atoms with Crippen LogP contribution < -0.4 is 5.32 Å². The summed E-state index contributed by atoms with van der Waals surface area (Å²) in [5, 5.41) is 2.92. The van der Waals surface area contributed by atoms with Crippen molar-refractivity contribution in [2.45, 2.75) is 58.2 Å². The van der Waals surface area contributed by atoms with Gasteiger partial charge in [-0.05, 0) is 70.7 Å². The van der Waals surface area contributed by atoms with E-state index in [0.29, 0.717) is 17.5 Å². The average molecular weight is 473 g/mol. The molecule has 1 saturated heterocycles. The lowest BCUT2D eigenvalue weighted by Crippen LogP contribution is -2.47. The van der Waals surface area contributed by atoms with Crippen LogP contribution in [0.25, 0.3) is 11.1 Å². The van der Waals surface area contributed by atoms with Gasteiger partial charge < -0.3 is 10.1 Å². The third kappa shape index (κ3) is 4.74. The number of piperidine rings is 1. The molecule has 0 spiro atoms. The Hall–Kier alpha value is -2.93. The van der Waals surface area contributed by atoms with E-state index < -0.39 is 29.5 Å². The second kappa shape index (κ2) is 8.45. The van der Waals surface area contributed by atoms with Crippen LogP contribution in [0, 0.1) is 11.7 Å². The first-order valence-electron chi connectivity index (χ1n) is 10.9. The molecule has 1 N–H and O–H groups in total. The van der Waals surface area contributed by atoms with Crippen molar-refractivity contribution < 1.29 is 23.5 Å². The Labute approximate surface area is 197 Å². The van der Waals surface area contributed by atoms with E-state index in [9.17, 15) is 14.4 Å². The van der Waals surface area contributed by atoms with Crippen LogP contribution in [0.1, 0.15) is 50.9 Å². The summed E-state index contributed by atoms with van der Waals surface area (Å²) in [4.78, 5) is 39.0. The van der Waals surface area contributed by atoms with Crippen LogP contribution in [-0.4, -0.2) is 40.4 Å². The Balaban J connectivity index is 1.58. The lowest BCUT2D eigenvalue weighted by Gasteiger charge is -2.30. The number of benzene rings is 2. The number of carbonyl (C=O) groups is 3. The third-order valence-corrected chi connectivity index (χ3v) is 6.26. The van der Waals surface area contributed by atoms with Crippen LogP contribution in [0.15, 0.2) is 36.4 Å². The van der Waals surface area contributed by atoms with Gasteiger partial charge in [-0.25, -0.2) is 9.18 Å². The molecule has 3 unspecified atom stereocenters. The van der Waals surface area contributed by atoms with Gasteiger partial charge >= 0.3 is 6.09 Å². The predicted molar refractivity (Wildman–Crippen MR) is 124 cm³/mol. The number of hydrogen-bond acceptors (Lipinski definition) is 4. The van der Waals surface area contributed by atoms with E-state index in [1.165, 1.54) is 30.0 Å². The van der Waals surface area contributed by atoms with Crippen LogP contribution in [0.2, 0.25) is 5.02 Å². The maximum Gasteiger partial charge on any atom is 0.411 e. The van der Waals surface area contributed by atoms with Gasteiger partial charge in [0.15, 0.2) is 11.6 Å². The minimum atomic E-state index is -0.726. The number of hydrogen-bond donors (Lipinski definition) is 1. The van der Waals surface area contributed by atoms with Crippen molar-refractivity contribution in [1.82, 2.24) is 4.90 Å². The Bertz CT molecular complexity index is 1140. The van der Waals surface area contributed by atoms with Gasteiger partial charge in [0.1, 0.15) is 11.6 Å². The standard InChI is InChI=1S/C25H26ClFN2O4/c1-13(30)14-8-9-18(26)17(10-14)16-6-5-7-19(22(16)27)28-23(31)21-12-15-11-20(15)29(21)24(32)33-25(2,3)4/h5-10,15,20-21H,11-12H2,1-4H3,(H,28,31). The average Bonchev–Trinajstić information content (AvgIpc) is 3.37. The van der Waals surface area contributed by atoms with Crippen LogP contribution in [0.5, 0.6) is 0 Å². The number of ketones is 1. The largest absolute Gasteiger partial charge is 0.444 e. The van der Waals surface area contributed by atoms with Crippen molar-refractivity contribution in [3.63, 3.8) is 0 Å². The molecule has 1 aliphatic carbocycles. The van der Waals surface area contributed by atoms with E-state index in [4.69, 9.17) is 16.3 Å². The zero-order valence-corrected chi connectivity index (χ0v) is 19.7. The summed E-state index contributed by atoms with van der Waals surface area (Å²) < 4.78 is 20.9. The number of nitrogens with zero attached hydrogens (tertiary/aromatic N) is 1. The first kappa shape index (κ1) is 23.2. The highest BCUT2D eigenvalue weighted by Gasteiger charge is 2.57. The lowest BCUT2D eigenvalue weighted by molar-refractivity contribution is -0.121. The van der Waals surface area contributed by atoms with E-state index in [1.54, 1.807) is 39.0 Å². The molecule has 3 atom stereocenters. The van der Waals surface area contributed by atoms with Crippen LogP contribution in [0.4, 0.5) is 14.9 Å². The van der Waals surface area contributed by atoms with Crippen LogP contribution >= 0.6 is 11.6 Å². The number of ether oxygens (including phenoxy) is 1. The number of fused-ring (bicyclic) bond motifs is 1. The molecule has 1 heterocycles. The van der Waals surface area contributed by atoms with Crippen molar-refractivity contribution in [3.05, 3.63) is 52.8 Å². The summed E-state index contributed by atoms with van der Waals surface area (Å²) in [5.74, 6) is -1.04. The van der Waals surface area contributed by atoms with Crippen molar-refractivity contribution in [3.8, 4) is 11.1 Å². The van der Waals surface area contributed by atoms with Gasteiger partial charge in [0.2, 0.25) is 5.91 Å². The van der Waals surface area contributed by atoms with Crippen LogP contribution in [0.3, 0.4) is 0 Å². The highest BCUT2D eigenvalue weighted by Crippen LogP contribution is 2.48. The molecule has 2 aromatic rings. The van der Waals surface area contributed by atoms with Gasteiger partial charge in [0.25, 0.3) is 0 Å². The van der Waals surface area contributed by atoms with E-state index in [0.717, 1.165) is 6.42 Å².